The van der Waals surface area contributed by atoms with Crippen LogP contribution in [0.3, 0.4) is 0 Å². The largest absolute Gasteiger partial charge is 0.388 e. The highest BCUT2D eigenvalue weighted by Gasteiger charge is 2.37. The van der Waals surface area contributed by atoms with Gasteiger partial charge in [-0.05, 0) is 37.4 Å². The van der Waals surface area contributed by atoms with Crippen LogP contribution in [0.4, 0.5) is 5.69 Å². The number of anilines is 1. The molecule has 1 saturated heterocycles. The molecule has 5 N–H and O–H groups in total. The summed E-state index contributed by atoms with van der Waals surface area (Å²) in [5, 5.41) is 34.9. The molecule has 0 saturated carbocycles. The summed E-state index contributed by atoms with van der Waals surface area (Å²) in [5.41, 5.74) is 1.17. The zero-order valence-corrected chi connectivity index (χ0v) is 15.3. The van der Waals surface area contributed by atoms with Gasteiger partial charge in [0.1, 0.15) is 18.3 Å². The number of ether oxygens (including phenoxy) is 1. The van der Waals surface area contributed by atoms with Gasteiger partial charge >= 0.3 is 0 Å². The van der Waals surface area contributed by atoms with Gasteiger partial charge in [0.05, 0.1) is 6.61 Å². The standard InChI is InChI=1S/C18H29N3O5/c1-3-21(4-2)10-9-19-17(25)12-5-7-13(8-6-12)20-18-16(24)15(23)14(22)11-26-18/h5-8,14-16,18,20,22-24H,3-4,9-11H2,1-2H3,(H,19,25)/t14-,15-,16?,18+/m0/s1. The molecule has 1 aliphatic heterocycles. The van der Waals surface area contributed by atoms with E-state index in [2.05, 4.69) is 29.4 Å². The first kappa shape index (κ1) is 20.6. The predicted molar refractivity (Wildman–Crippen MR) is 97.9 cm³/mol. The van der Waals surface area contributed by atoms with Gasteiger partial charge in [-0.25, -0.2) is 0 Å². The Morgan fingerprint density at radius 1 is 1.15 bits per heavy atom. The molecule has 1 fully saturated rings. The third kappa shape index (κ3) is 5.39. The van der Waals surface area contributed by atoms with Crippen molar-refractivity contribution in [3.63, 3.8) is 0 Å². The zero-order chi connectivity index (χ0) is 19.1. The molecule has 2 rings (SSSR count). The number of hydrogen-bond acceptors (Lipinski definition) is 7. The van der Waals surface area contributed by atoms with Crippen molar-refractivity contribution in [3.05, 3.63) is 29.8 Å². The number of amides is 1. The molecule has 0 spiro atoms. The van der Waals surface area contributed by atoms with Crippen molar-refractivity contribution in [2.24, 2.45) is 0 Å². The van der Waals surface area contributed by atoms with Crippen LogP contribution in [0, 0.1) is 0 Å². The fourth-order valence-corrected chi connectivity index (χ4v) is 2.78. The van der Waals surface area contributed by atoms with E-state index >= 15 is 0 Å². The van der Waals surface area contributed by atoms with Gasteiger partial charge in [-0.2, -0.15) is 0 Å². The number of aliphatic hydroxyl groups excluding tert-OH is 3. The van der Waals surface area contributed by atoms with Crippen LogP contribution in [-0.4, -0.2) is 83.5 Å². The first-order valence-electron chi connectivity index (χ1n) is 8.99. The Morgan fingerprint density at radius 3 is 2.42 bits per heavy atom. The molecule has 0 aliphatic carbocycles. The van der Waals surface area contributed by atoms with E-state index in [1.807, 2.05) is 0 Å². The molecule has 8 heteroatoms. The third-order valence-corrected chi connectivity index (χ3v) is 4.56. The fourth-order valence-electron chi connectivity index (χ4n) is 2.78. The number of aliphatic hydroxyl groups is 3. The summed E-state index contributed by atoms with van der Waals surface area (Å²) < 4.78 is 5.30. The SMILES string of the molecule is CCN(CC)CCNC(=O)c1ccc(N[C@@H]2OC[C@H](O)[C@H](O)C2O)cc1. The monoisotopic (exact) mass is 367 g/mol. The number of nitrogens with zero attached hydrogens (tertiary/aromatic N) is 1. The average molecular weight is 367 g/mol. The number of benzene rings is 1. The van der Waals surface area contributed by atoms with Gasteiger partial charge in [0, 0.05) is 24.3 Å². The summed E-state index contributed by atoms with van der Waals surface area (Å²) in [6.07, 6.45) is -4.45. The van der Waals surface area contributed by atoms with Gasteiger partial charge in [0.25, 0.3) is 5.91 Å². The zero-order valence-electron chi connectivity index (χ0n) is 15.3. The fraction of sp³-hybridized carbons (Fsp3) is 0.611. The van der Waals surface area contributed by atoms with Crippen LogP contribution < -0.4 is 10.6 Å². The lowest BCUT2D eigenvalue weighted by molar-refractivity contribution is -0.178. The van der Waals surface area contributed by atoms with Crippen LogP contribution in [0.1, 0.15) is 24.2 Å². The lowest BCUT2D eigenvalue weighted by Gasteiger charge is -2.35. The van der Waals surface area contributed by atoms with E-state index in [1.165, 1.54) is 0 Å². The Bertz CT molecular complexity index is 564. The van der Waals surface area contributed by atoms with Crippen LogP contribution >= 0.6 is 0 Å². The smallest absolute Gasteiger partial charge is 0.251 e. The predicted octanol–water partition coefficient (Wildman–Crippen LogP) is -0.391. The number of rotatable bonds is 8. The molecular weight excluding hydrogens is 338 g/mol. The Kier molecular flexibility index (Phi) is 7.80. The van der Waals surface area contributed by atoms with Crippen molar-refractivity contribution < 1.29 is 24.9 Å². The molecule has 1 aromatic carbocycles. The summed E-state index contributed by atoms with van der Waals surface area (Å²) in [4.78, 5) is 14.4. The quantitative estimate of drug-likeness (QED) is 0.425. The van der Waals surface area contributed by atoms with Crippen molar-refractivity contribution in [1.82, 2.24) is 10.2 Å². The molecule has 4 atom stereocenters. The van der Waals surface area contributed by atoms with Crippen molar-refractivity contribution in [2.45, 2.75) is 38.4 Å². The molecular formula is C18H29N3O5. The van der Waals surface area contributed by atoms with Crippen molar-refractivity contribution in [2.75, 3.05) is 38.1 Å². The topological polar surface area (TPSA) is 114 Å². The average Bonchev–Trinajstić information content (AvgIpc) is 2.66. The van der Waals surface area contributed by atoms with E-state index in [4.69, 9.17) is 4.74 Å². The molecule has 1 aromatic rings. The second-order valence-corrected chi connectivity index (χ2v) is 6.31. The normalized spacial score (nSPS) is 25.9. The summed E-state index contributed by atoms with van der Waals surface area (Å²) >= 11 is 0. The number of nitrogens with one attached hydrogen (secondary N) is 2. The van der Waals surface area contributed by atoms with Gasteiger partial charge in [-0.3, -0.25) is 4.79 Å². The van der Waals surface area contributed by atoms with Crippen LogP contribution in [0.5, 0.6) is 0 Å². The first-order valence-corrected chi connectivity index (χ1v) is 8.99. The second-order valence-electron chi connectivity index (χ2n) is 6.31. The van der Waals surface area contributed by atoms with Gasteiger partial charge < -0.3 is 35.6 Å². The molecule has 1 unspecified atom stereocenters. The minimum Gasteiger partial charge on any atom is -0.388 e. The first-order chi connectivity index (χ1) is 12.5. The second kappa shape index (κ2) is 9.84. The van der Waals surface area contributed by atoms with Crippen LogP contribution in [-0.2, 0) is 4.74 Å². The van der Waals surface area contributed by atoms with Crippen LogP contribution in [0.15, 0.2) is 24.3 Å². The highest BCUT2D eigenvalue weighted by molar-refractivity contribution is 5.94. The van der Waals surface area contributed by atoms with Crippen LogP contribution in [0.2, 0.25) is 0 Å². The number of hydrogen-bond donors (Lipinski definition) is 5. The Labute approximate surface area is 153 Å². The van der Waals surface area contributed by atoms with Gasteiger partial charge in [0.2, 0.25) is 0 Å². The molecule has 26 heavy (non-hydrogen) atoms. The summed E-state index contributed by atoms with van der Waals surface area (Å²) in [6, 6.07) is 6.75. The van der Waals surface area contributed by atoms with Crippen molar-refractivity contribution in [1.29, 1.82) is 0 Å². The highest BCUT2D eigenvalue weighted by atomic mass is 16.5. The van der Waals surface area contributed by atoms with Gasteiger partial charge in [-0.15, -0.1) is 0 Å². The van der Waals surface area contributed by atoms with E-state index < -0.39 is 24.5 Å². The van der Waals surface area contributed by atoms with Gasteiger partial charge in [0.15, 0.2) is 6.23 Å². The molecule has 0 aromatic heterocycles. The Balaban J connectivity index is 1.85. The molecule has 8 nitrogen and oxygen atoms in total. The molecule has 146 valence electrons. The molecule has 0 radical (unpaired) electrons. The lowest BCUT2D eigenvalue weighted by Crippen LogP contribution is -2.55. The summed E-state index contributed by atoms with van der Waals surface area (Å²) in [5.74, 6) is -0.142. The van der Waals surface area contributed by atoms with Crippen molar-refractivity contribution in [3.8, 4) is 0 Å². The molecule has 0 bridgehead atoms. The maximum Gasteiger partial charge on any atom is 0.251 e. The number of carbonyl (C=O) groups is 1. The highest BCUT2D eigenvalue weighted by Crippen LogP contribution is 2.19. The Morgan fingerprint density at radius 2 is 1.81 bits per heavy atom. The van der Waals surface area contributed by atoms with Gasteiger partial charge in [-0.1, -0.05) is 13.8 Å². The molecule has 1 aliphatic rings. The third-order valence-electron chi connectivity index (χ3n) is 4.56. The Hall–Kier alpha value is -1.71. The summed E-state index contributed by atoms with van der Waals surface area (Å²) in [6.45, 7) is 7.41. The maximum absolute atomic E-state index is 12.2. The summed E-state index contributed by atoms with van der Waals surface area (Å²) in [7, 11) is 0. The number of likely N-dealkylation sites (N-methyl/N-ethyl adjacent to an activating group) is 1. The van der Waals surface area contributed by atoms with E-state index in [0.717, 1.165) is 19.6 Å². The number of carbonyl (C=O) groups excluding carboxylic acids is 1. The maximum atomic E-state index is 12.2. The van der Waals surface area contributed by atoms with E-state index in [0.29, 0.717) is 17.8 Å². The van der Waals surface area contributed by atoms with E-state index in [9.17, 15) is 20.1 Å². The molecule has 1 amide bonds. The van der Waals surface area contributed by atoms with E-state index in [-0.39, 0.29) is 12.5 Å². The lowest BCUT2D eigenvalue weighted by atomic mass is 10.0. The molecule has 1 heterocycles. The van der Waals surface area contributed by atoms with Crippen LogP contribution in [0.25, 0.3) is 0 Å². The van der Waals surface area contributed by atoms with E-state index in [1.54, 1.807) is 24.3 Å². The minimum absolute atomic E-state index is 0.0665. The minimum atomic E-state index is -1.27. The van der Waals surface area contributed by atoms with Crippen molar-refractivity contribution >= 4 is 11.6 Å².